The molecule has 1 N–H and O–H groups in total. The minimum Gasteiger partial charge on any atom is -0.493 e. The van der Waals surface area contributed by atoms with E-state index in [1.807, 2.05) is 6.92 Å². The van der Waals surface area contributed by atoms with Gasteiger partial charge in [0.15, 0.2) is 0 Å². The number of fused-ring (bicyclic) bond motifs is 1. The van der Waals surface area contributed by atoms with Crippen LogP contribution in [0.4, 0.5) is 4.39 Å². The first kappa shape index (κ1) is 16.8. The summed E-state index contributed by atoms with van der Waals surface area (Å²) < 4.78 is 19.0. The smallest absolute Gasteiger partial charge is 0.226 e. The quantitative estimate of drug-likeness (QED) is 0.877. The van der Waals surface area contributed by atoms with E-state index in [1.165, 1.54) is 12.1 Å². The first-order valence-electron chi connectivity index (χ1n) is 8.23. The third kappa shape index (κ3) is 3.60. The average molecular weight is 307 g/mol. The van der Waals surface area contributed by atoms with E-state index < -0.39 is 0 Å². The van der Waals surface area contributed by atoms with Crippen molar-refractivity contribution in [1.82, 2.24) is 5.32 Å². The van der Waals surface area contributed by atoms with Crippen molar-refractivity contribution in [3.63, 3.8) is 0 Å². The molecule has 0 bridgehead atoms. The predicted molar refractivity (Wildman–Crippen MR) is 85.3 cm³/mol. The summed E-state index contributed by atoms with van der Waals surface area (Å²) in [5, 5.41) is 3.17. The van der Waals surface area contributed by atoms with E-state index in [0.29, 0.717) is 12.4 Å². The second-order valence-electron chi connectivity index (χ2n) is 6.36. The Morgan fingerprint density at radius 3 is 2.91 bits per heavy atom. The standard InChI is InChI=1S/C18H26FNO2/c1-4-10-18(3,5-2)17(21)20-15-7-6-11-22-16-12-13(19)8-9-14(15)16/h8-9,12,15H,4-7,10-11H2,1-3H3,(H,20,21)/t15-,18-/m0/s1. The molecule has 0 aromatic heterocycles. The van der Waals surface area contributed by atoms with Gasteiger partial charge in [0, 0.05) is 17.0 Å². The first-order valence-corrected chi connectivity index (χ1v) is 8.23. The van der Waals surface area contributed by atoms with E-state index >= 15 is 0 Å². The molecule has 1 aromatic carbocycles. The Morgan fingerprint density at radius 2 is 2.23 bits per heavy atom. The second-order valence-corrected chi connectivity index (χ2v) is 6.36. The molecule has 0 unspecified atom stereocenters. The van der Waals surface area contributed by atoms with Crippen LogP contribution in [0.25, 0.3) is 0 Å². The van der Waals surface area contributed by atoms with Crippen LogP contribution in [0.2, 0.25) is 0 Å². The molecular weight excluding hydrogens is 281 g/mol. The summed E-state index contributed by atoms with van der Waals surface area (Å²) in [5.41, 5.74) is 0.532. The molecule has 0 saturated carbocycles. The monoisotopic (exact) mass is 307 g/mol. The number of halogens is 1. The van der Waals surface area contributed by atoms with Crippen molar-refractivity contribution in [2.75, 3.05) is 6.61 Å². The van der Waals surface area contributed by atoms with Crippen LogP contribution in [0.1, 0.15) is 64.5 Å². The van der Waals surface area contributed by atoms with Gasteiger partial charge in [-0.15, -0.1) is 0 Å². The van der Waals surface area contributed by atoms with E-state index in [2.05, 4.69) is 19.2 Å². The van der Waals surface area contributed by atoms with Crippen LogP contribution >= 0.6 is 0 Å². The lowest BCUT2D eigenvalue weighted by Crippen LogP contribution is -2.40. The van der Waals surface area contributed by atoms with Gasteiger partial charge in [0.25, 0.3) is 0 Å². The van der Waals surface area contributed by atoms with Gasteiger partial charge in [-0.3, -0.25) is 4.79 Å². The highest BCUT2D eigenvalue weighted by molar-refractivity contribution is 5.82. The molecule has 0 radical (unpaired) electrons. The van der Waals surface area contributed by atoms with Crippen molar-refractivity contribution in [2.24, 2.45) is 5.41 Å². The summed E-state index contributed by atoms with van der Waals surface area (Å²) in [4.78, 5) is 12.7. The fourth-order valence-corrected chi connectivity index (χ4v) is 3.03. The van der Waals surface area contributed by atoms with Crippen molar-refractivity contribution >= 4 is 5.91 Å². The summed E-state index contributed by atoms with van der Waals surface area (Å²) in [7, 11) is 0. The summed E-state index contributed by atoms with van der Waals surface area (Å²) in [6.45, 7) is 6.72. The molecule has 0 aliphatic carbocycles. The lowest BCUT2D eigenvalue weighted by atomic mass is 9.81. The molecule has 0 saturated heterocycles. The maximum Gasteiger partial charge on any atom is 0.226 e. The van der Waals surface area contributed by atoms with Crippen molar-refractivity contribution in [1.29, 1.82) is 0 Å². The number of carbonyl (C=O) groups excluding carboxylic acids is 1. The summed E-state index contributed by atoms with van der Waals surface area (Å²) in [5.74, 6) is 0.325. The SMILES string of the molecule is CCC[C@](C)(CC)C(=O)N[C@H]1CCCOc2cc(F)ccc21. The van der Waals surface area contributed by atoms with Crippen LogP contribution < -0.4 is 10.1 Å². The van der Waals surface area contributed by atoms with E-state index in [4.69, 9.17) is 4.74 Å². The first-order chi connectivity index (χ1) is 10.5. The molecule has 1 amide bonds. The third-order valence-corrected chi connectivity index (χ3v) is 4.68. The number of nitrogens with one attached hydrogen (secondary N) is 1. The van der Waals surface area contributed by atoms with Crippen LogP contribution in [0.15, 0.2) is 18.2 Å². The van der Waals surface area contributed by atoms with Gasteiger partial charge in [-0.05, 0) is 31.7 Å². The maximum atomic E-state index is 13.4. The zero-order chi connectivity index (χ0) is 16.2. The lowest BCUT2D eigenvalue weighted by Gasteiger charge is -2.29. The normalized spacial score (nSPS) is 20.3. The van der Waals surface area contributed by atoms with Crippen LogP contribution in [0.3, 0.4) is 0 Å². The van der Waals surface area contributed by atoms with Gasteiger partial charge < -0.3 is 10.1 Å². The van der Waals surface area contributed by atoms with Gasteiger partial charge in [-0.25, -0.2) is 4.39 Å². The van der Waals surface area contributed by atoms with Crippen molar-refractivity contribution in [3.05, 3.63) is 29.6 Å². The van der Waals surface area contributed by atoms with E-state index in [-0.39, 0.29) is 23.2 Å². The zero-order valence-electron chi connectivity index (χ0n) is 13.7. The molecule has 22 heavy (non-hydrogen) atoms. The van der Waals surface area contributed by atoms with Gasteiger partial charge in [-0.1, -0.05) is 33.3 Å². The van der Waals surface area contributed by atoms with E-state index in [9.17, 15) is 9.18 Å². The maximum absolute atomic E-state index is 13.4. The van der Waals surface area contributed by atoms with Gasteiger partial charge >= 0.3 is 0 Å². The molecular formula is C18H26FNO2. The molecule has 1 aliphatic rings. The van der Waals surface area contributed by atoms with Gasteiger partial charge in [0.1, 0.15) is 11.6 Å². The topological polar surface area (TPSA) is 38.3 Å². The van der Waals surface area contributed by atoms with Gasteiger partial charge in [0.05, 0.1) is 12.6 Å². The molecule has 1 aliphatic heterocycles. The van der Waals surface area contributed by atoms with Crippen LogP contribution in [0, 0.1) is 11.2 Å². The number of rotatable bonds is 5. The van der Waals surface area contributed by atoms with Crippen molar-refractivity contribution in [3.8, 4) is 5.75 Å². The Morgan fingerprint density at radius 1 is 1.45 bits per heavy atom. The average Bonchev–Trinajstić information content (AvgIpc) is 2.69. The van der Waals surface area contributed by atoms with Crippen molar-refractivity contribution in [2.45, 2.75) is 58.9 Å². The fraction of sp³-hybridized carbons (Fsp3) is 0.611. The van der Waals surface area contributed by atoms with Crippen LogP contribution in [-0.4, -0.2) is 12.5 Å². The van der Waals surface area contributed by atoms with Gasteiger partial charge in [-0.2, -0.15) is 0 Å². The highest BCUT2D eigenvalue weighted by Gasteiger charge is 2.33. The van der Waals surface area contributed by atoms with Crippen LogP contribution in [0.5, 0.6) is 5.75 Å². The molecule has 0 fully saturated rings. The Kier molecular flexibility index (Phi) is 5.43. The number of ether oxygens (including phenoxy) is 1. The number of hydrogen-bond acceptors (Lipinski definition) is 2. The van der Waals surface area contributed by atoms with Crippen LogP contribution in [-0.2, 0) is 4.79 Å². The molecule has 2 atom stereocenters. The molecule has 2 rings (SSSR count). The Bertz CT molecular complexity index is 532. The Balaban J connectivity index is 2.21. The molecule has 1 aromatic rings. The molecule has 122 valence electrons. The van der Waals surface area contributed by atoms with E-state index in [0.717, 1.165) is 37.7 Å². The summed E-state index contributed by atoms with van der Waals surface area (Å²) >= 11 is 0. The zero-order valence-corrected chi connectivity index (χ0v) is 13.7. The molecule has 0 spiro atoms. The predicted octanol–water partition coefficient (Wildman–Crippen LogP) is 4.37. The molecule has 3 nitrogen and oxygen atoms in total. The Hall–Kier alpha value is -1.58. The number of carbonyl (C=O) groups is 1. The van der Waals surface area contributed by atoms with Gasteiger partial charge in [0.2, 0.25) is 5.91 Å². The number of amides is 1. The largest absolute Gasteiger partial charge is 0.493 e. The highest BCUT2D eigenvalue weighted by Crippen LogP contribution is 2.34. The molecule has 4 heteroatoms. The minimum absolute atomic E-state index is 0.0824. The fourth-order valence-electron chi connectivity index (χ4n) is 3.03. The number of benzene rings is 1. The van der Waals surface area contributed by atoms with E-state index in [1.54, 1.807) is 6.07 Å². The highest BCUT2D eigenvalue weighted by atomic mass is 19.1. The minimum atomic E-state index is -0.345. The number of hydrogen-bond donors (Lipinski definition) is 1. The second kappa shape index (κ2) is 7.12. The Labute approximate surface area is 132 Å². The summed E-state index contributed by atoms with van der Waals surface area (Å²) in [6, 6.07) is 4.46. The lowest BCUT2D eigenvalue weighted by molar-refractivity contribution is -0.131. The summed E-state index contributed by atoms with van der Waals surface area (Å²) in [6.07, 6.45) is 4.32. The van der Waals surface area contributed by atoms with Crippen molar-refractivity contribution < 1.29 is 13.9 Å². The third-order valence-electron chi connectivity index (χ3n) is 4.68. The molecule has 1 heterocycles.